The Kier molecular flexibility index (Phi) is 101000. The van der Waals surface area contributed by atoms with Gasteiger partial charge in [-0.05, 0) is 0 Å². The molecule has 0 bridgehead atoms. The molecule has 0 aromatic rings. The van der Waals surface area contributed by atoms with Gasteiger partial charge in [0.1, 0.15) is 0 Å². The molecule has 0 fully saturated rings. The Labute approximate surface area is 45.9 Å². The van der Waals surface area contributed by atoms with Crippen molar-refractivity contribution in [2.75, 3.05) is 0 Å². The van der Waals surface area contributed by atoms with Crippen LogP contribution in [0.1, 0.15) is 14.9 Å². The van der Waals surface area contributed by atoms with E-state index >= 15 is 0 Å². The molecule has 31 valence electrons. The van der Waals surface area contributed by atoms with Crippen molar-refractivity contribution in [2.24, 2.45) is 0 Å². The third kappa shape index (κ3) is 3170. The van der Waals surface area contributed by atoms with Crippen LogP contribution in [0.5, 0.6) is 0 Å². The molecule has 0 spiro atoms. The topological polar surface area (TPSA) is 23.8 Å². The normalized spacial score (nSPS) is 0.400. The maximum absolute atomic E-state index is 6.25. The average molecular weight is 109 g/mol. The minimum atomic E-state index is 0. The summed E-state index contributed by atoms with van der Waals surface area (Å²) in [5.74, 6) is 0. The molecule has 0 aromatic carbocycles. The molecule has 0 saturated carbocycles. The molecule has 0 aromatic heterocycles. The second kappa shape index (κ2) is 6950. The predicted molar refractivity (Wildman–Crippen MR) is 18.4 cm³/mol. The maximum atomic E-state index is 6.25. The largest absolute Gasteiger partial charge is 0.512 e. The molecule has 0 heterocycles. The summed E-state index contributed by atoms with van der Waals surface area (Å²) >= 11 is 0. The van der Waals surface area contributed by atoms with Gasteiger partial charge in [-0.2, -0.15) is 0 Å². The first-order valence-electron chi connectivity index (χ1n) is 0.224. The van der Waals surface area contributed by atoms with Crippen molar-refractivity contribution >= 4 is 0 Å². The van der Waals surface area contributed by atoms with E-state index in [1.54, 1.807) is 0 Å². The summed E-state index contributed by atoms with van der Waals surface area (Å²) in [5, 5.41) is 6.25. The molecule has 0 aliphatic carbocycles. The predicted octanol–water partition coefficient (Wildman–Crippen LogP) is 1.37. The summed E-state index contributed by atoms with van der Waals surface area (Å²) in [5.41, 5.74) is 0. The minimum Gasteiger partial charge on any atom is -0.512 e. The Hall–Kier alpha value is 0.0744. The SMILES string of the molecule is C.C.[C-]#N.[V]. The van der Waals surface area contributed by atoms with Crippen LogP contribution < -0.4 is 0 Å². The fourth-order valence-corrected chi connectivity index (χ4v) is 0. The van der Waals surface area contributed by atoms with Gasteiger partial charge in [0.15, 0.2) is 0 Å². The van der Waals surface area contributed by atoms with Gasteiger partial charge in [0, 0.05) is 18.6 Å². The standard InChI is InChI=1S/CN.2CH4.V/c1-2;;;/h;2*1H4;/q-1;;;. The van der Waals surface area contributed by atoms with E-state index in [0.717, 1.165) is 0 Å². The van der Waals surface area contributed by atoms with E-state index in [1.165, 1.54) is 0 Å². The van der Waals surface area contributed by atoms with E-state index in [1.807, 2.05) is 0 Å². The van der Waals surface area contributed by atoms with Crippen molar-refractivity contribution < 1.29 is 18.6 Å². The summed E-state index contributed by atoms with van der Waals surface area (Å²) in [6.07, 6.45) is 0. The van der Waals surface area contributed by atoms with E-state index in [4.69, 9.17) is 11.8 Å². The van der Waals surface area contributed by atoms with Crippen LogP contribution in [0.3, 0.4) is 0 Å². The van der Waals surface area contributed by atoms with Gasteiger partial charge in [-0.1, -0.05) is 14.9 Å². The average Bonchev–Trinajstić information content (AvgIpc) is 1.00. The van der Waals surface area contributed by atoms with Gasteiger partial charge in [-0.25, -0.2) is 0 Å². The molecule has 0 N–H and O–H groups in total. The third-order valence-electron chi connectivity index (χ3n) is 0. The minimum absolute atomic E-state index is 0. The van der Waals surface area contributed by atoms with Crippen LogP contribution in [-0.2, 0) is 18.6 Å². The van der Waals surface area contributed by atoms with Crippen molar-refractivity contribution in [2.45, 2.75) is 14.9 Å². The second-order valence-electron chi connectivity index (χ2n) is 0. The molecule has 1 nitrogen and oxygen atoms in total. The van der Waals surface area contributed by atoms with E-state index in [9.17, 15) is 0 Å². The first-order chi connectivity index (χ1) is 1.00. The van der Waals surface area contributed by atoms with Crippen LogP contribution in [0.15, 0.2) is 0 Å². The molecular weight excluding hydrogens is 101 g/mol. The summed E-state index contributed by atoms with van der Waals surface area (Å²) in [7, 11) is 0. The maximum Gasteiger partial charge on any atom is 0 e. The van der Waals surface area contributed by atoms with Crippen LogP contribution in [0.2, 0.25) is 0 Å². The van der Waals surface area contributed by atoms with Crippen molar-refractivity contribution in [3.05, 3.63) is 6.57 Å². The first kappa shape index (κ1) is 73.0. The number of hydrogen-bond acceptors (Lipinski definition) is 1. The van der Waals surface area contributed by atoms with Crippen molar-refractivity contribution in [3.8, 4) is 0 Å². The number of nitrogens with zero attached hydrogens (tertiary/aromatic N) is 1. The summed E-state index contributed by atoms with van der Waals surface area (Å²) in [4.78, 5) is 0. The summed E-state index contributed by atoms with van der Waals surface area (Å²) in [6, 6.07) is 0. The molecule has 0 unspecified atom stereocenters. The fourth-order valence-electron chi connectivity index (χ4n) is 0. The van der Waals surface area contributed by atoms with Crippen molar-refractivity contribution in [1.82, 2.24) is 0 Å². The molecule has 1 radical (unpaired) electrons. The third-order valence-corrected chi connectivity index (χ3v) is 0. The molecular formula is C3H8NV-. The first-order valence-corrected chi connectivity index (χ1v) is 0.224. The van der Waals surface area contributed by atoms with Gasteiger partial charge >= 0.3 is 0 Å². The fraction of sp³-hybridized carbons (Fsp3) is 0.667. The zero-order valence-electron chi connectivity index (χ0n) is 1.39. The van der Waals surface area contributed by atoms with Crippen LogP contribution in [0.25, 0.3) is 0 Å². The molecule has 5 heavy (non-hydrogen) atoms. The molecule has 0 aliphatic rings. The molecule has 0 saturated heterocycles. The number of rotatable bonds is 0. The smallest absolute Gasteiger partial charge is 0 e. The Morgan fingerprint density at radius 3 is 1.00 bits per heavy atom. The Bertz CT molecular complexity index is 11.6. The van der Waals surface area contributed by atoms with Crippen LogP contribution in [0, 0.1) is 11.8 Å². The molecule has 0 aliphatic heterocycles. The summed E-state index contributed by atoms with van der Waals surface area (Å²) in [6.45, 7) is 4.75. The quantitative estimate of drug-likeness (QED) is 0.431. The van der Waals surface area contributed by atoms with Crippen LogP contribution in [0.4, 0.5) is 0 Å². The van der Waals surface area contributed by atoms with Crippen LogP contribution in [-0.4, -0.2) is 0 Å². The van der Waals surface area contributed by atoms with Gasteiger partial charge in [0.2, 0.25) is 0 Å². The van der Waals surface area contributed by atoms with Gasteiger partial charge in [0.05, 0.1) is 0 Å². The van der Waals surface area contributed by atoms with E-state index in [-0.39, 0.29) is 33.4 Å². The Morgan fingerprint density at radius 2 is 1.00 bits per heavy atom. The van der Waals surface area contributed by atoms with Gasteiger partial charge in [0.25, 0.3) is 0 Å². The van der Waals surface area contributed by atoms with Gasteiger partial charge in [-0.15, -0.1) is 0 Å². The van der Waals surface area contributed by atoms with Gasteiger partial charge < -0.3 is 11.8 Å². The van der Waals surface area contributed by atoms with Gasteiger partial charge in [-0.3, -0.25) is 0 Å². The molecule has 0 amide bonds. The van der Waals surface area contributed by atoms with E-state index in [2.05, 4.69) is 0 Å². The zero-order chi connectivity index (χ0) is 2.00. The zero-order valence-corrected chi connectivity index (χ0v) is 2.79. The molecule has 2 heteroatoms. The van der Waals surface area contributed by atoms with Crippen LogP contribution >= 0.6 is 0 Å². The molecule has 0 atom stereocenters. The Morgan fingerprint density at radius 1 is 1.00 bits per heavy atom. The monoisotopic (exact) mass is 109 g/mol. The summed E-state index contributed by atoms with van der Waals surface area (Å²) < 4.78 is 0. The second-order valence-corrected chi connectivity index (χ2v) is 0. The van der Waals surface area contributed by atoms with Crippen molar-refractivity contribution in [1.29, 1.82) is 5.26 Å². The Balaban J connectivity index is -0.00000000167. The van der Waals surface area contributed by atoms with E-state index < -0.39 is 0 Å². The number of hydrogen-bond donors (Lipinski definition) is 0. The van der Waals surface area contributed by atoms with E-state index in [0.29, 0.717) is 0 Å². The van der Waals surface area contributed by atoms with Crippen molar-refractivity contribution in [3.63, 3.8) is 0 Å². The molecule has 0 rings (SSSR count).